The largest absolute Gasteiger partial charge is 0.496 e. The van der Waals surface area contributed by atoms with Gasteiger partial charge in [-0.25, -0.2) is 9.79 Å². The fourth-order valence-electron chi connectivity index (χ4n) is 2.66. The Morgan fingerprint density at radius 2 is 2.09 bits per heavy atom. The zero-order valence-electron chi connectivity index (χ0n) is 12.8. The van der Waals surface area contributed by atoms with Crippen LogP contribution in [0.2, 0.25) is 0 Å². The van der Waals surface area contributed by atoms with Crippen molar-refractivity contribution < 1.29 is 19.0 Å². The Bertz CT molecular complexity index is 642. The van der Waals surface area contributed by atoms with Gasteiger partial charge in [0.25, 0.3) is 0 Å². The predicted molar refractivity (Wildman–Crippen MR) is 82.8 cm³/mol. The molecule has 0 spiro atoms. The quantitative estimate of drug-likeness (QED) is 0.636. The maximum Gasteiger partial charge on any atom is 0.363 e. The van der Waals surface area contributed by atoms with Crippen LogP contribution in [0.4, 0.5) is 0 Å². The minimum Gasteiger partial charge on any atom is -0.496 e. The number of hydrogen-bond donors (Lipinski definition) is 0. The first-order chi connectivity index (χ1) is 10.7. The minimum atomic E-state index is -0.398. The van der Waals surface area contributed by atoms with Gasteiger partial charge in [0.1, 0.15) is 5.75 Å². The standard InChI is InChI=1S/C17H19NO4/c1-11-3-4-15(20-2)13(9-11)10-14-17(19)22-16(18-14)12-5-7-21-8-6-12/h3-4,9-10,12H,5-8H2,1-2H3/b14-10+. The van der Waals surface area contributed by atoms with Crippen molar-refractivity contribution in [3.63, 3.8) is 0 Å². The second-order valence-corrected chi connectivity index (χ2v) is 5.50. The molecular weight excluding hydrogens is 282 g/mol. The van der Waals surface area contributed by atoms with E-state index in [1.165, 1.54) is 0 Å². The van der Waals surface area contributed by atoms with Crippen molar-refractivity contribution >= 4 is 17.9 Å². The summed E-state index contributed by atoms with van der Waals surface area (Å²) in [5.74, 6) is 1.000. The molecule has 0 aromatic heterocycles. The number of esters is 1. The molecule has 0 radical (unpaired) electrons. The van der Waals surface area contributed by atoms with Crippen LogP contribution in [0.25, 0.3) is 6.08 Å². The van der Waals surface area contributed by atoms with Crippen molar-refractivity contribution in [3.8, 4) is 5.75 Å². The lowest BCUT2D eigenvalue weighted by molar-refractivity contribution is -0.130. The van der Waals surface area contributed by atoms with Crippen molar-refractivity contribution in [2.24, 2.45) is 10.9 Å². The molecule has 0 saturated carbocycles. The number of nitrogens with zero attached hydrogens (tertiary/aromatic N) is 1. The van der Waals surface area contributed by atoms with Gasteiger partial charge in [0.2, 0.25) is 5.90 Å². The highest BCUT2D eigenvalue weighted by Gasteiger charge is 2.30. The monoisotopic (exact) mass is 301 g/mol. The van der Waals surface area contributed by atoms with Gasteiger partial charge in [0.15, 0.2) is 5.70 Å². The summed E-state index contributed by atoms with van der Waals surface area (Å²) in [6.07, 6.45) is 3.40. The lowest BCUT2D eigenvalue weighted by Crippen LogP contribution is -2.24. The van der Waals surface area contributed by atoms with Gasteiger partial charge in [-0.05, 0) is 38.0 Å². The van der Waals surface area contributed by atoms with Crippen LogP contribution < -0.4 is 4.74 Å². The van der Waals surface area contributed by atoms with Crippen molar-refractivity contribution in [1.29, 1.82) is 0 Å². The number of aryl methyl sites for hydroxylation is 1. The number of cyclic esters (lactones) is 1. The van der Waals surface area contributed by atoms with Gasteiger partial charge < -0.3 is 14.2 Å². The maximum absolute atomic E-state index is 12.0. The molecule has 1 saturated heterocycles. The fraction of sp³-hybridized carbons (Fsp3) is 0.412. The summed E-state index contributed by atoms with van der Waals surface area (Å²) >= 11 is 0. The van der Waals surface area contributed by atoms with E-state index in [1.54, 1.807) is 13.2 Å². The van der Waals surface area contributed by atoms with Gasteiger partial charge in [0, 0.05) is 24.7 Å². The number of carbonyl (C=O) groups excluding carboxylic acids is 1. The van der Waals surface area contributed by atoms with Crippen LogP contribution in [-0.4, -0.2) is 32.2 Å². The number of hydrogen-bond acceptors (Lipinski definition) is 5. The number of methoxy groups -OCH3 is 1. The molecule has 2 aliphatic rings. The van der Waals surface area contributed by atoms with E-state index in [1.807, 2.05) is 25.1 Å². The van der Waals surface area contributed by atoms with Crippen LogP contribution in [0.1, 0.15) is 24.0 Å². The smallest absolute Gasteiger partial charge is 0.363 e. The first kappa shape index (κ1) is 14.8. The summed E-state index contributed by atoms with van der Waals surface area (Å²) in [6.45, 7) is 3.36. The van der Waals surface area contributed by atoms with Crippen molar-refractivity contribution in [2.75, 3.05) is 20.3 Å². The minimum absolute atomic E-state index is 0.169. The Morgan fingerprint density at radius 3 is 2.82 bits per heavy atom. The summed E-state index contributed by atoms with van der Waals surface area (Å²) in [6, 6.07) is 5.80. The molecule has 116 valence electrons. The van der Waals surface area contributed by atoms with Crippen LogP contribution in [0.3, 0.4) is 0 Å². The molecule has 0 atom stereocenters. The van der Waals surface area contributed by atoms with Gasteiger partial charge in [-0.1, -0.05) is 11.6 Å². The summed E-state index contributed by atoms with van der Waals surface area (Å²) in [7, 11) is 1.61. The van der Waals surface area contributed by atoms with E-state index in [4.69, 9.17) is 14.2 Å². The SMILES string of the molecule is COc1ccc(C)cc1/C=C1/N=C(C2CCOCC2)OC1=O. The van der Waals surface area contributed by atoms with Crippen LogP contribution in [0, 0.1) is 12.8 Å². The van der Waals surface area contributed by atoms with E-state index >= 15 is 0 Å². The average molecular weight is 301 g/mol. The normalized spacial score (nSPS) is 20.9. The average Bonchev–Trinajstić information content (AvgIpc) is 2.90. The van der Waals surface area contributed by atoms with Gasteiger partial charge >= 0.3 is 5.97 Å². The highest BCUT2D eigenvalue weighted by atomic mass is 16.6. The number of carbonyl (C=O) groups is 1. The van der Waals surface area contributed by atoms with Gasteiger partial charge in [0.05, 0.1) is 7.11 Å². The molecule has 2 aliphatic heterocycles. The Kier molecular flexibility index (Phi) is 4.24. The van der Waals surface area contributed by atoms with E-state index in [2.05, 4.69) is 4.99 Å². The van der Waals surface area contributed by atoms with E-state index in [0.717, 1.165) is 24.0 Å². The van der Waals surface area contributed by atoms with Gasteiger partial charge in [-0.2, -0.15) is 0 Å². The van der Waals surface area contributed by atoms with Crippen LogP contribution in [0.15, 0.2) is 28.9 Å². The number of rotatable bonds is 3. The molecule has 1 aromatic rings. The molecule has 0 amide bonds. The molecule has 1 aromatic carbocycles. The van der Waals surface area contributed by atoms with Crippen molar-refractivity contribution in [3.05, 3.63) is 35.0 Å². The third kappa shape index (κ3) is 3.04. The molecular formula is C17H19NO4. The molecule has 0 N–H and O–H groups in total. The predicted octanol–water partition coefficient (Wildman–Crippen LogP) is 2.73. The first-order valence-electron chi connectivity index (χ1n) is 7.42. The van der Waals surface area contributed by atoms with E-state index in [-0.39, 0.29) is 5.92 Å². The topological polar surface area (TPSA) is 57.1 Å². The zero-order valence-corrected chi connectivity index (χ0v) is 12.8. The molecule has 5 nitrogen and oxygen atoms in total. The first-order valence-corrected chi connectivity index (χ1v) is 7.42. The summed E-state index contributed by atoms with van der Waals surface area (Å²) in [5, 5.41) is 0. The van der Waals surface area contributed by atoms with Gasteiger partial charge in [-0.3, -0.25) is 0 Å². The highest BCUT2D eigenvalue weighted by molar-refractivity contribution is 6.08. The Morgan fingerprint density at radius 1 is 1.32 bits per heavy atom. The number of ether oxygens (including phenoxy) is 3. The van der Waals surface area contributed by atoms with Crippen LogP contribution in [-0.2, 0) is 14.3 Å². The third-order valence-electron chi connectivity index (χ3n) is 3.89. The summed E-state index contributed by atoms with van der Waals surface area (Å²) in [4.78, 5) is 16.4. The van der Waals surface area contributed by atoms with Crippen LogP contribution in [0.5, 0.6) is 5.75 Å². The lowest BCUT2D eigenvalue weighted by Gasteiger charge is -2.20. The van der Waals surface area contributed by atoms with E-state index < -0.39 is 5.97 Å². The second kappa shape index (κ2) is 6.32. The van der Waals surface area contributed by atoms with Crippen molar-refractivity contribution in [1.82, 2.24) is 0 Å². The molecule has 0 aliphatic carbocycles. The second-order valence-electron chi connectivity index (χ2n) is 5.50. The van der Waals surface area contributed by atoms with Gasteiger partial charge in [-0.15, -0.1) is 0 Å². The Labute approximate surface area is 129 Å². The molecule has 5 heteroatoms. The van der Waals surface area contributed by atoms with E-state index in [9.17, 15) is 4.79 Å². The summed E-state index contributed by atoms with van der Waals surface area (Å²) in [5.41, 5.74) is 2.24. The lowest BCUT2D eigenvalue weighted by atomic mass is 10.0. The molecule has 3 rings (SSSR count). The summed E-state index contributed by atoms with van der Waals surface area (Å²) < 4.78 is 16.0. The molecule has 2 heterocycles. The molecule has 0 bridgehead atoms. The molecule has 0 unspecified atom stereocenters. The maximum atomic E-state index is 12.0. The fourth-order valence-corrected chi connectivity index (χ4v) is 2.66. The van der Waals surface area contributed by atoms with Crippen molar-refractivity contribution in [2.45, 2.75) is 19.8 Å². The number of aliphatic imine (C=N–C) groups is 1. The van der Waals surface area contributed by atoms with Crippen LogP contribution >= 0.6 is 0 Å². The zero-order chi connectivity index (χ0) is 15.5. The molecule has 1 fully saturated rings. The highest BCUT2D eigenvalue weighted by Crippen LogP contribution is 2.27. The number of benzene rings is 1. The third-order valence-corrected chi connectivity index (χ3v) is 3.89. The Hall–Kier alpha value is -2.14. The van der Waals surface area contributed by atoms with E-state index in [0.29, 0.717) is 30.6 Å². The molecule has 22 heavy (non-hydrogen) atoms. The Balaban J connectivity index is 1.89.